The highest BCUT2D eigenvalue weighted by molar-refractivity contribution is 7.99. The van der Waals surface area contributed by atoms with Gasteiger partial charge in [0.1, 0.15) is 5.03 Å². The molecule has 3 rings (SSSR count). The number of fused-ring (bicyclic) bond motifs is 1. The molecule has 4 N–H and O–H groups in total. The Bertz CT molecular complexity index is 669. The molecule has 1 saturated carbocycles. The number of rotatable bonds is 6. The summed E-state index contributed by atoms with van der Waals surface area (Å²) in [7, 11) is 1.42. The molecule has 9 heteroatoms. The summed E-state index contributed by atoms with van der Waals surface area (Å²) in [6.45, 7) is 0. The molecule has 0 amide bonds. The van der Waals surface area contributed by atoms with Gasteiger partial charge in [-0.15, -0.1) is 11.8 Å². The number of nitrogens with zero attached hydrogens (tertiary/aromatic N) is 3. The second-order valence-corrected chi connectivity index (χ2v) is 6.13. The van der Waals surface area contributed by atoms with Crippen LogP contribution in [-0.2, 0) is 9.53 Å². The fourth-order valence-electron chi connectivity index (χ4n) is 2.13. The van der Waals surface area contributed by atoms with E-state index in [4.69, 9.17) is 10.6 Å². The molecule has 0 radical (unpaired) electrons. The molecule has 0 spiro atoms. The smallest absolute Gasteiger partial charge is 0.306 e. The van der Waals surface area contributed by atoms with E-state index in [0.717, 1.165) is 29.0 Å². The number of anilines is 1. The number of aromatic nitrogens is 4. The van der Waals surface area contributed by atoms with E-state index in [-0.39, 0.29) is 11.4 Å². The number of H-pyrrole nitrogens is 1. The maximum atomic E-state index is 11.5. The van der Waals surface area contributed by atoms with Gasteiger partial charge in [0.25, 0.3) is 0 Å². The molecule has 2 aromatic heterocycles. The fraction of sp³-hybridized carbons (Fsp3) is 0.500. The van der Waals surface area contributed by atoms with E-state index in [9.17, 15) is 4.79 Å². The Morgan fingerprint density at radius 1 is 1.57 bits per heavy atom. The number of nitrogens with two attached hydrogens (primary N) is 1. The molecule has 0 atom stereocenters. The third kappa shape index (κ3) is 2.93. The third-order valence-corrected chi connectivity index (χ3v) is 4.96. The lowest BCUT2D eigenvalue weighted by molar-refractivity contribution is -0.141. The molecule has 1 aliphatic carbocycles. The van der Waals surface area contributed by atoms with Crippen molar-refractivity contribution in [2.75, 3.05) is 18.3 Å². The minimum absolute atomic E-state index is 0.0368. The van der Waals surface area contributed by atoms with Crippen LogP contribution in [-0.4, -0.2) is 39.0 Å². The topological polar surface area (TPSA) is 119 Å². The van der Waals surface area contributed by atoms with Gasteiger partial charge in [0.2, 0.25) is 5.95 Å². The van der Waals surface area contributed by atoms with Gasteiger partial charge < -0.3 is 4.74 Å². The van der Waals surface area contributed by atoms with Gasteiger partial charge in [-0.25, -0.2) is 10.8 Å². The number of esters is 1. The van der Waals surface area contributed by atoms with E-state index in [2.05, 4.69) is 25.6 Å². The van der Waals surface area contributed by atoms with E-state index < -0.39 is 0 Å². The van der Waals surface area contributed by atoms with Crippen LogP contribution in [0, 0.1) is 5.41 Å². The van der Waals surface area contributed by atoms with E-state index >= 15 is 0 Å². The van der Waals surface area contributed by atoms with Crippen molar-refractivity contribution in [1.82, 2.24) is 20.2 Å². The van der Waals surface area contributed by atoms with Gasteiger partial charge >= 0.3 is 5.97 Å². The van der Waals surface area contributed by atoms with Gasteiger partial charge in [-0.1, -0.05) is 0 Å². The SMILES string of the molecule is COC(=O)CC1(CSc2nc(NN)nc3[nH]ncc23)CC1. The molecule has 0 bridgehead atoms. The van der Waals surface area contributed by atoms with Crippen LogP contribution < -0.4 is 11.3 Å². The second-order valence-electron chi connectivity index (χ2n) is 5.17. The predicted octanol–water partition coefficient (Wildman–Crippen LogP) is 1.07. The summed E-state index contributed by atoms with van der Waals surface area (Å²) in [6, 6.07) is 0. The molecule has 0 aromatic carbocycles. The van der Waals surface area contributed by atoms with E-state index in [0.29, 0.717) is 18.0 Å². The summed E-state index contributed by atoms with van der Waals surface area (Å²) in [4.78, 5) is 20.0. The first-order valence-corrected chi connectivity index (χ1v) is 7.52. The number of thioether (sulfide) groups is 1. The zero-order chi connectivity index (χ0) is 14.9. The predicted molar refractivity (Wildman–Crippen MR) is 78.5 cm³/mol. The molecule has 1 fully saturated rings. The van der Waals surface area contributed by atoms with Gasteiger partial charge in [-0.3, -0.25) is 15.3 Å². The lowest BCUT2D eigenvalue weighted by atomic mass is 10.1. The van der Waals surface area contributed by atoms with Crippen LogP contribution in [0.5, 0.6) is 0 Å². The normalized spacial score (nSPS) is 15.9. The zero-order valence-electron chi connectivity index (χ0n) is 11.5. The Morgan fingerprint density at radius 3 is 3.05 bits per heavy atom. The van der Waals surface area contributed by atoms with Crippen molar-refractivity contribution >= 4 is 34.7 Å². The van der Waals surface area contributed by atoms with Crippen molar-refractivity contribution in [3.8, 4) is 0 Å². The van der Waals surface area contributed by atoms with Crippen LogP contribution in [0.15, 0.2) is 11.2 Å². The number of nitrogens with one attached hydrogen (secondary N) is 2. The van der Waals surface area contributed by atoms with E-state index in [1.807, 2.05) is 0 Å². The van der Waals surface area contributed by atoms with Gasteiger partial charge in [-0.2, -0.15) is 10.1 Å². The van der Waals surface area contributed by atoms with E-state index in [1.54, 1.807) is 18.0 Å². The summed E-state index contributed by atoms with van der Waals surface area (Å²) in [5.41, 5.74) is 3.12. The number of methoxy groups -OCH3 is 1. The Balaban J connectivity index is 1.76. The Hall–Kier alpha value is -1.87. The largest absolute Gasteiger partial charge is 0.469 e. The monoisotopic (exact) mass is 308 g/mol. The number of nitrogen functional groups attached to an aromatic ring is 1. The van der Waals surface area contributed by atoms with Crippen molar-refractivity contribution in [2.24, 2.45) is 11.3 Å². The molecule has 2 aromatic rings. The summed E-state index contributed by atoms with van der Waals surface area (Å²) in [5, 5.41) is 8.44. The summed E-state index contributed by atoms with van der Waals surface area (Å²) in [6.07, 6.45) is 4.23. The van der Waals surface area contributed by atoms with Crippen LogP contribution >= 0.6 is 11.8 Å². The number of carbonyl (C=O) groups excluding carboxylic acids is 1. The van der Waals surface area contributed by atoms with Crippen LogP contribution in [0.1, 0.15) is 19.3 Å². The molecule has 0 unspecified atom stereocenters. The maximum absolute atomic E-state index is 11.5. The first-order valence-electron chi connectivity index (χ1n) is 6.53. The average Bonchev–Trinajstić information content (AvgIpc) is 3.09. The van der Waals surface area contributed by atoms with Gasteiger partial charge in [0, 0.05) is 5.75 Å². The van der Waals surface area contributed by atoms with Crippen molar-refractivity contribution in [1.29, 1.82) is 0 Å². The first kappa shape index (κ1) is 14.1. The molecular weight excluding hydrogens is 292 g/mol. The minimum atomic E-state index is -0.159. The second kappa shape index (κ2) is 5.49. The standard InChI is InChI=1S/C12H16N6O2S/c1-20-8(19)4-12(2-3-12)6-21-10-7-5-14-18-9(7)15-11(16-10)17-13/h5H,2-4,6,13H2,1H3,(H2,14,15,16,17,18). The van der Waals surface area contributed by atoms with Crippen molar-refractivity contribution in [3.63, 3.8) is 0 Å². The molecule has 1 aliphatic rings. The minimum Gasteiger partial charge on any atom is -0.469 e. The highest BCUT2D eigenvalue weighted by atomic mass is 32.2. The van der Waals surface area contributed by atoms with Crippen LogP contribution in [0.2, 0.25) is 0 Å². The Morgan fingerprint density at radius 2 is 2.38 bits per heavy atom. The van der Waals surface area contributed by atoms with Crippen LogP contribution in [0.4, 0.5) is 5.95 Å². The summed E-state index contributed by atoms with van der Waals surface area (Å²) < 4.78 is 4.76. The molecule has 2 heterocycles. The van der Waals surface area contributed by atoms with Crippen LogP contribution in [0.3, 0.4) is 0 Å². The Labute approximate surface area is 125 Å². The number of ether oxygens (including phenoxy) is 1. The molecule has 21 heavy (non-hydrogen) atoms. The quantitative estimate of drug-likeness (QED) is 0.238. The molecule has 112 valence electrons. The third-order valence-electron chi connectivity index (χ3n) is 3.62. The number of aromatic amines is 1. The lowest BCUT2D eigenvalue weighted by Crippen LogP contribution is -2.14. The van der Waals surface area contributed by atoms with Crippen LogP contribution in [0.25, 0.3) is 11.0 Å². The number of hydrogen-bond acceptors (Lipinski definition) is 8. The van der Waals surface area contributed by atoms with Crippen molar-refractivity contribution in [3.05, 3.63) is 6.20 Å². The average molecular weight is 308 g/mol. The first-order chi connectivity index (χ1) is 10.2. The summed E-state index contributed by atoms with van der Waals surface area (Å²) in [5.74, 6) is 6.37. The van der Waals surface area contributed by atoms with Gasteiger partial charge in [-0.05, 0) is 18.3 Å². The molecular formula is C12H16N6O2S. The summed E-state index contributed by atoms with van der Waals surface area (Å²) >= 11 is 1.59. The Kier molecular flexibility index (Phi) is 3.68. The van der Waals surface area contributed by atoms with Crippen molar-refractivity contribution in [2.45, 2.75) is 24.3 Å². The van der Waals surface area contributed by atoms with Crippen molar-refractivity contribution < 1.29 is 9.53 Å². The number of hydrogen-bond donors (Lipinski definition) is 3. The van der Waals surface area contributed by atoms with Gasteiger partial charge in [0.05, 0.1) is 25.1 Å². The molecule has 0 saturated heterocycles. The highest BCUT2D eigenvalue weighted by Crippen LogP contribution is 2.52. The van der Waals surface area contributed by atoms with E-state index in [1.165, 1.54) is 7.11 Å². The molecule has 8 nitrogen and oxygen atoms in total. The van der Waals surface area contributed by atoms with Gasteiger partial charge in [0.15, 0.2) is 5.65 Å². The number of carbonyl (C=O) groups is 1. The zero-order valence-corrected chi connectivity index (χ0v) is 12.4. The highest BCUT2D eigenvalue weighted by Gasteiger charge is 2.44. The maximum Gasteiger partial charge on any atom is 0.306 e. The fourth-order valence-corrected chi connectivity index (χ4v) is 3.42. The molecule has 0 aliphatic heterocycles. The lowest BCUT2D eigenvalue weighted by Gasteiger charge is -2.13. The number of hydrazine groups is 1.